The van der Waals surface area contributed by atoms with Gasteiger partial charge in [0.15, 0.2) is 0 Å². The molecule has 0 spiro atoms. The third kappa shape index (κ3) is 3.49. The number of aliphatic carboxylic acids is 1. The molecule has 0 unspecified atom stereocenters. The summed E-state index contributed by atoms with van der Waals surface area (Å²) in [6.07, 6.45) is 0.521. The van der Waals surface area contributed by atoms with E-state index >= 15 is 0 Å². The summed E-state index contributed by atoms with van der Waals surface area (Å²) in [6.45, 7) is 9.74. The Bertz CT molecular complexity index is 473. The Hall–Kier alpha value is -1.51. The van der Waals surface area contributed by atoms with E-state index in [0.717, 1.165) is 22.4 Å². The zero-order valence-corrected chi connectivity index (χ0v) is 12.7. The van der Waals surface area contributed by atoms with Gasteiger partial charge in [0.1, 0.15) is 5.75 Å². The number of methoxy groups -OCH3 is 1. The van der Waals surface area contributed by atoms with Gasteiger partial charge in [0.05, 0.1) is 12.5 Å². The summed E-state index contributed by atoms with van der Waals surface area (Å²) < 4.78 is 5.45. The van der Waals surface area contributed by atoms with E-state index in [1.165, 1.54) is 0 Å². The summed E-state index contributed by atoms with van der Waals surface area (Å²) in [7, 11) is 1.68. The molecule has 106 valence electrons. The molecule has 0 aromatic heterocycles. The quantitative estimate of drug-likeness (QED) is 0.880. The van der Waals surface area contributed by atoms with Gasteiger partial charge in [-0.2, -0.15) is 0 Å². The van der Waals surface area contributed by atoms with Crippen molar-refractivity contribution in [3.05, 3.63) is 28.8 Å². The van der Waals surface area contributed by atoms with Crippen molar-refractivity contribution < 1.29 is 14.6 Å². The third-order valence-electron chi connectivity index (χ3n) is 3.41. The zero-order chi connectivity index (χ0) is 14.8. The molecule has 0 aliphatic heterocycles. The van der Waals surface area contributed by atoms with Crippen LogP contribution in [0.5, 0.6) is 5.75 Å². The van der Waals surface area contributed by atoms with Crippen LogP contribution >= 0.6 is 0 Å². The van der Waals surface area contributed by atoms with E-state index in [4.69, 9.17) is 4.74 Å². The average Bonchev–Trinajstić information content (AvgIpc) is 2.27. The van der Waals surface area contributed by atoms with Gasteiger partial charge in [-0.15, -0.1) is 0 Å². The van der Waals surface area contributed by atoms with Crippen LogP contribution in [0.2, 0.25) is 0 Å². The molecule has 0 amide bonds. The van der Waals surface area contributed by atoms with Gasteiger partial charge in [0, 0.05) is 0 Å². The first-order valence-electron chi connectivity index (χ1n) is 6.60. The van der Waals surface area contributed by atoms with Gasteiger partial charge in [-0.1, -0.05) is 26.0 Å². The Morgan fingerprint density at radius 3 is 2.37 bits per heavy atom. The standard InChI is InChI=1S/C16H24O3/c1-10(2)13-8-12(7-11(3)14(13)19-6)9-16(4,5)15(17)18/h7-8,10H,9H2,1-6H3,(H,17,18). The molecule has 0 atom stereocenters. The lowest BCUT2D eigenvalue weighted by molar-refractivity contribution is -0.146. The van der Waals surface area contributed by atoms with Crippen molar-refractivity contribution in [3.63, 3.8) is 0 Å². The van der Waals surface area contributed by atoms with Crippen LogP contribution in [0, 0.1) is 12.3 Å². The van der Waals surface area contributed by atoms with Crippen LogP contribution in [0.25, 0.3) is 0 Å². The summed E-state index contributed by atoms with van der Waals surface area (Å²) in [5, 5.41) is 9.23. The molecule has 0 aliphatic rings. The zero-order valence-electron chi connectivity index (χ0n) is 12.7. The fourth-order valence-electron chi connectivity index (χ4n) is 2.27. The van der Waals surface area contributed by atoms with Crippen LogP contribution in [-0.4, -0.2) is 18.2 Å². The van der Waals surface area contributed by atoms with Gasteiger partial charge in [-0.3, -0.25) is 4.79 Å². The van der Waals surface area contributed by atoms with Crippen molar-refractivity contribution in [1.29, 1.82) is 0 Å². The molecule has 1 rings (SSSR count). The Labute approximate surface area is 115 Å². The van der Waals surface area contributed by atoms with Gasteiger partial charge < -0.3 is 9.84 Å². The van der Waals surface area contributed by atoms with Crippen molar-refractivity contribution in [3.8, 4) is 5.75 Å². The summed E-state index contributed by atoms with van der Waals surface area (Å²) in [4.78, 5) is 11.2. The second-order valence-electron chi connectivity index (χ2n) is 6.06. The molecule has 1 N–H and O–H groups in total. The summed E-state index contributed by atoms with van der Waals surface area (Å²) in [5.74, 6) is 0.487. The lowest BCUT2D eigenvalue weighted by atomic mass is 9.84. The highest BCUT2D eigenvalue weighted by molar-refractivity contribution is 5.74. The highest BCUT2D eigenvalue weighted by Crippen LogP contribution is 2.33. The van der Waals surface area contributed by atoms with Crippen molar-refractivity contribution in [2.24, 2.45) is 5.41 Å². The van der Waals surface area contributed by atoms with Crippen molar-refractivity contribution in [1.82, 2.24) is 0 Å². The second-order valence-corrected chi connectivity index (χ2v) is 6.06. The molecule has 0 bridgehead atoms. The summed E-state index contributed by atoms with van der Waals surface area (Å²) in [6, 6.07) is 4.09. The van der Waals surface area contributed by atoms with E-state index in [2.05, 4.69) is 19.9 Å². The monoisotopic (exact) mass is 264 g/mol. The molecule has 1 aromatic carbocycles. The highest BCUT2D eigenvalue weighted by Gasteiger charge is 2.28. The number of carboxylic acids is 1. The molecule has 19 heavy (non-hydrogen) atoms. The van der Waals surface area contributed by atoms with Gasteiger partial charge in [0.2, 0.25) is 0 Å². The fraction of sp³-hybridized carbons (Fsp3) is 0.562. The Morgan fingerprint density at radius 1 is 1.37 bits per heavy atom. The van der Waals surface area contributed by atoms with Crippen LogP contribution in [0.4, 0.5) is 0 Å². The molecule has 0 heterocycles. The predicted molar refractivity (Wildman–Crippen MR) is 76.9 cm³/mol. The van der Waals surface area contributed by atoms with Gasteiger partial charge >= 0.3 is 5.97 Å². The predicted octanol–water partition coefficient (Wildman–Crippen LogP) is 3.78. The maximum atomic E-state index is 11.2. The minimum Gasteiger partial charge on any atom is -0.496 e. The van der Waals surface area contributed by atoms with E-state index in [-0.39, 0.29) is 0 Å². The van der Waals surface area contributed by atoms with E-state index < -0.39 is 11.4 Å². The number of rotatable bonds is 5. The van der Waals surface area contributed by atoms with Crippen LogP contribution in [-0.2, 0) is 11.2 Å². The van der Waals surface area contributed by atoms with Crippen LogP contribution in [0.15, 0.2) is 12.1 Å². The average molecular weight is 264 g/mol. The van der Waals surface area contributed by atoms with E-state index in [1.807, 2.05) is 13.0 Å². The molecule has 0 saturated carbocycles. The second kappa shape index (κ2) is 5.64. The number of carboxylic acid groups (broad SMARTS) is 1. The first kappa shape index (κ1) is 15.5. The summed E-state index contributed by atoms with van der Waals surface area (Å²) in [5.41, 5.74) is 2.49. The van der Waals surface area contributed by atoms with Crippen LogP contribution < -0.4 is 4.74 Å². The Balaban J connectivity index is 3.21. The first-order chi connectivity index (χ1) is 8.69. The Morgan fingerprint density at radius 2 is 1.95 bits per heavy atom. The van der Waals surface area contributed by atoms with E-state index in [9.17, 15) is 9.90 Å². The van der Waals surface area contributed by atoms with Crippen molar-refractivity contribution >= 4 is 5.97 Å². The summed E-state index contributed by atoms with van der Waals surface area (Å²) >= 11 is 0. The lowest BCUT2D eigenvalue weighted by Crippen LogP contribution is -2.26. The number of carbonyl (C=O) groups is 1. The third-order valence-corrected chi connectivity index (χ3v) is 3.41. The van der Waals surface area contributed by atoms with E-state index in [1.54, 1.807) is 21.0 Å². The normalized spacial score (nSPS) is 11.7. The van der Waals surface area contributed by atoms with Gasteiger partial charge in [-0.05, 0) is 49.8 Å². The molecule has 0 fully saturated rings. The van der Waals surface area contributed by atoms with Gasteiger partial charge in [0.25, 0.3) is 0 Å². The molecule has 3 heteroatoms. The largest absolute Gasteiger partial charge is 0.496 e. The van der Waals surface area contributed by atoms with E-state index in [0.29, 0.717) is 12.3 Å². The first-order valence-corrected chi connectivity index (χ1v) is 6.60. The molecule has 3 nitrogen and oxygen atoms in total. The van der Waals surface area contributed by atoms with Crippen LogP contribution in [0.1, 0.15) is 50.3 Å². The lowest BCUT2D eigenvalue weighted by Gasteiger charge is -2.22. The molecule has 0 aliphatic carbocycles. The molecular weight excluding hydrogens is 240 g/mol. The number of hydrogen-bond donors (Lipinski definition) is 1. The van der Waals surface area contributed by atoms with Crippen molar-refractivity contribution in [2.45, 2.75) is 47.0 Å². The maximum absolute atomic E-state index is 11.2. The molecule has 0 saturated heterocycles. The minimum absolute atomic E-state index is 0.349. The van der Waals surface area contributed by atoms with Crippen LogP contribution in [0.3, 0.4) is 0 Å². The SMILES string of the molecule is COc1c(C)cc(CC(C)(C)C(=O)O)cc1C(C)C. The molecular formula is C16H24O3. The van der Waals surface area contributed by atoms with Crippen molar-refractivity contribution in [2.75, 3.05) is 7.11 Å². The topological polar surface area (TPSA) is 46.5 Å². The Kier molecular flexibility index (Phi) is 4.61. The minimum atomic E-state index is -0.771. The smallest absolute Gasteiger partial charge is 0.309 e. The maximum Gasteiger partial charge on any atom is 0.309 e. The molecule has 1 aromatic rings. The number of ether oxygens (including phenoxy) is 1. The van der Waals surface area contributed by atoms with Gasteiger partial charge in [-0.25, -0.2) is 0 Å². The highest BCUT2D eigenvalue weighted by atomic mass is 16.5. The number of benzene rings is 1. The fourth-order valence-corrected chi connectivity index (χ4v) is 2.27. The molecule has 0 radical (unpaired) electrons. The number of hydrogen-bond acceptors (Lipinski definition) is 2. The number of aryl methyl sites for hydroxylation is 1.